The zero-order valence-electron chi connectivity index (χ0n) is 18.6. The third-order valence-corrected chi connectivity index (χ3v) is 5.74. The average molecular weight is 444 g/mol. The highest BCUT2D eigenvalue weighted by atomic mass is 16.5. The molecule has 33 heavy (non-hydrogen) atoms. The van der Waals surface area contributed by atoms with Crippen LogP contribution in [0.1, 0.15) is 28.3 Å². The SMILES string of the molecule is COc1ccc(CN2C(=O)C(=O)/C(=C(\O)c3ccc(OC)cc3C)C2c2cccnc2)cc1. The number of Topliss-reactive ketones (excluding diaryl/α,β-unsaturated/α-hetero) is 1. The summed E-state index contributed by atoms with van der Waals surface area (Å²) in [7, 11) is 3.14. The summed E-state index contributed by atoms with van der Waals surface area (Å²) in [5.41, 5.74) is 2.69. The summed E-state index contributed by atoms with van der Waals surface area (Å²) in [5, 5.41) is 11.2. The fourth-order valence-corrected chi connectivity index (χ4v) is 4.03. The molecule has 0 aliphatic carbocycles. The Kier molecular flexibility index (Phi) is 6.13. The number of aliphatic hydroxyl groups is 1. The molecule has 0 saturated carbocycles. The number of aliphatic hydroxyl groups excluding tert-OH is 1. The van der Waals surface area contributed by atoms with Crippen molar-refractivity contribution in [3.63, 3.8) is 0 Å². The van der Waals surface area contributed by atoms with E-state index >= 15 is 0 Å². The number of rotatable bonds is 6. The summed E-state index contributed by atoms with van der Waals surface area (Å²) in [4.78, 5) is 31.9. The molecule has 2 aromatic carbocycles. The lowest BCUT2D eigenvalue weighted by Crippen LogP contribution is -2.29. The maximum absolute atomic E-state index is 13.2. The van der Waals surface area contributed by atoms with E-state index in [2.05, 4.69) is 4.98 Å². The summed E-state index contributed by atoms with van der Waals surface area (Å²) >= 11 is 0. The molecular weight excluding hydrogens is 420 g/mol. The topological polar surface area (TPSA) is 89.0 Å². The molecule has 0 bridgehead atoms. The van der Waals surface area contributed by atoms with Crippen LogP contribution in [0.2, 0.25) is 0 Å². The second-order valence-corrected chi connectivity index (χ2v) is 7.74. The molecule has 168 valence electrons. The van der Waals surface area contributed by atoms with Gasteiger partial charge in [0.25, 0.3) is 11.7 Å². The van der Waals surface area contributed by atoms with Crippen molar-refractivity contribution in [2.45, 2.75) is 19.5 Å². The van der Waals surface area contributed by atoms with Crippen molar-refractivity contribution in [3.8, 4) is 11.5 Å². The number of carbonyl (C=O) groups is 2. The first kappa shape index (κ1) is 22.1. The highest BCUT2D eigenvalue weighted by Gasteiger charge is 2.46. The van der Waals surface area contributed by atoms with Crippen LogP contribution >= 0.6 is 0 Å². The van der Waals surface area contributed by atoms with E-state index < -0.39 is 17.7 Å². The number of carbonyl (C=O) groups excluding carboxylic acids is 2. The second kappa shape index (κ2) is 9.16. The molecule has 1 N–H and O–H groups in total. The number of ketones is 1. The lowest BCUT2D eigenvalue weighted by Gasteiger charge is -2.25. The number of nitrogens with zero attached hydrogens (tertiary/aromatic N) is 2. The van der Waals surface area contributed by atoms with E-state index in [9.17, 15) is 14.7 Å². The van der Waals surface area contributed by atoms with Crippen LogP contribution in [0.25, 0.3) is 5.76 Å². The van der Waals surface area contributed by atoms with E-state index in [0.29, 0.717) is 22.6 Å². The van der Waals surface area contributed by atoms with Crippen LogP contribution in [0.4, 0.5) is 0 Å². The maximum Gasteiger partial charge on any atom is 0.295 e. The van der Waals surface area contributed by atoms with Crippen LogP contribution in [0, 0.1) is 6.92 Å². The van der Waals surface area contributed by atoms with Crippen LogP contribution in [-0.4, -0.2) is 40.9 Å². The predicted molar refractivity (Wildman–Crippen MR) is 123 cm³/mol. The largest absolute Gasteiger partial charge is 0.507 e. The Morgan fingerprint density at radius 1 is 1.03 bits per heavy atom. The van der Waals surface area contributed by atoms with Crippen LogP contribution in [0.15, 0.2) is 72.6 Å². The number of aromatic nitrogens is 1. The van der Waals surface area contributed by atoms with Crippen molar-refractivity contribution >= 4 is 17.4 Å². The summed E-state index contributed by atoms with van der Waals surface area (Å²) in [6.07, 6.45) is 3.22. The minimum atomic E-state index is -0.776. The lowest BCUT2D eigenvalue weighted by atomic mass is 9.94. The third-order valence-electron chi connectivity index (χ3n) is 5.74. The predicted octanol–water partition coefficient (Wildman–Crippen LogP) is 4.03. The van der Waals surface area contributed by atoms with Crippen molar-refractivity contribution in [3.05, 3.63) is 94.8 Å². The van der Waals surface area contributed by atoms with Gasteiger partial charge in [-0.05, 0) is 60.0 Å². The molecule has 7 heteroatoms. The summed E-state index contributed by atoms with van der Waals surface area (Å²) in [6.45, 7) is 2.00. The van der Waals surface area contributed by atoms with Gasteiger partial charge in [-0.1, -0.05) is 18.2 Å². The summed E-state index contributed by atoms with van der Waals surface area (Å²) < 4.78 is 10.4. The average Bonchev–Trinajstić information content (AvgIpc) is 3.09. The fraction of sp³-hybridized carbons (Fsp3) is 0.192. The highest BCUT2D eigenvalue weighted by molar-refractivity contribution is 6.46. The van der Waals surface area contributed by atoms with E-state index in [1.807, 2.05) is 19.1 Å². The highest BCUT2D eigenvalue weighted by Crippen LogP contribution is 2.40. The van der Waals surface area contributed by atoms with Gasteiger partial charge in [0.2, 0.25) is 0 Å². The van der Waals surface area contributed by atoms with Gasteiger partial charge < -0.3 is 19.5 Å². The molecule has 0 radical (unpaired) electrons. The molecule has 1 aliphatic heterocycles. The Hall–Kier alpha value is -4.13. The molecular formula is C26H24N2O5. The number of aryl methyl sites for hydroxylation is 1. The van der Waals surface area contributed by atoms with Crippen molar-refractivity contribution < 1.29 is 24.2 Å². The molecule has 4 rings (SSSR count). The first-order valence-electron chi connectivity index (χ1n) is 10.4. The van der Waals surface area contributed by atoms with Gasteiger partial charge in [0.1, 0.15) is 17.3 Å². The van der Waals surface area contributed by atoms with Gasteiger partial charge in [-0.25, -0.2) is 0 Å². The van der Waals surface area contributed by atoms with Crippen molar-refractivity contribution in [2.24, 2.45) is 0 Å². The lowest BCUT2D eigenvalue weighted by molar-refractivity contribution is -0.140. The van der Waals surface area contributed by atoms with E-state index in [1.54, 1.807) is 69.1 Å². The van der Waals surface area contributed by atoms with Gasteiger partial charge in [-0.2, -0.15) is 0 Å². The van der Waals surface area contributed by atoms with Crippen molar-refractivity contribution in [1.29, 1.82) is 0 Å². The molecule has 2 heterocycles. The second-order valence-electron chi connectivity index (χ2n) is 7.74. The number of hydrogen-bond acceptors (Lipinski definition) is 6. The Morgan fingerprint density at radius 2 is 1.73 bits per heavy atom. The first-order valence-corrected chi connectivity index (χ1v) is 10.4. The number of methoxy groups -OCH3 is 2. The number of hydrogen-bond donors (Lipinski definition) is 1. The normalized spacial score (nSPS) is 17.3. The summed E-state index contributed by atoms with van der Waals surface area (Å²) in [5.74, 6) is -0.301. The number of pyridine rings is 1. The molecule has 7 nitrogen and oxygen atoms in total. The number of ether oxygens (including phenoxy) is 2. The molecule has 1 atom stereocenters. The quantitative estimate of drug-likeness (QED) is 0.351. The van der Waals surface area contributed by atoms with Crippen LogP contribution in [-0.2, 0) is 16.1 Å². The van der Waals surface area contributed by atoms with Gasteiger partial charge in [0, 0.05) is 24.5 Å². The van der Waals surface area contributed by atoms with Gasteiger partial charge in [-0.15, -0.1) is 0 Å². The summed E-state index contributed by atoms with van der Waals surface area (Å²) in [6, 6.07) is 15.2. The number of benzene rings is 2. The van der Waals surface area contributed by atoms with E-state index in [4.69, 9.17) is 9.47 Å². The zero-order valence-corrected chi connectivity index (χ0v) is 18.6. The van der Waals surface area contributed by atoms with Crippen LogP contribution in [0.5, 0.6) is 11.5 Å². The Bertz CT molecular complexity index is 1220. The van der Waals surface area contributed by atoms with Gasteiger partial charge in [-0.3, -0.25) is 14.6 Å². The smallest absolute Gasteiger partial charge is 0.295 e. The number of likely N-dealkylation sites (tertiary alicyclic amines) is 1. The Morgan fingerprint density at radius 3 is 2.33 bits per heavy atom. The third kappa shape index (κ3) is 4.17. The molecule has 1 aliphatic rings. The van der Waals surface area contributed by atoms with Crippen LogP contribution < -0.4 is 9.47 Å². The fourth-order valence-electron chi connectivity index (χ4n) is 4.03. The van der Waals surface area contributed by atoms with Crippen molar-refractivity contribution in [2.75, 3.05) is 14.2 Å². The van der Waals surface area contributed by atoms with Gasteiger partial charge in [0.15, 0.2) is 0 Å². The molecule has 1 saturated heterocycles. The molecule has 1 aromatic heterocycles. The van der Waals surface area contributed by atoms with Crippen LogP contribution in [0.3, 0.4) is 0 Å². The Labute approximate surface area is 191 Å². The minimum Gasteiger partial charge on any atom is -0.507 e. The number of amides is 1. The van der Waals surface area contributed by atoms with E-state index in [1.165, 1.54) is 4.90 Å². The van der Waals surface area contributed by atoms with Gasteiger partial charge in [0.05, 0.1) is 25.8 Å². The monoisotopic (exact) mass is 444 g/mol. The standard InChI is InChI=1S/C26H24N2O5/c1-16-13-20(33-3)10-11-21(16)24(29)22-23(18-5-4-12-27-14-18)28(26(31)25(22)30)15-17-6-8-19(32-2)9-7-17/h4-14,23,29H,15H2,1-3H3/b24-22-. The molecule has 3 aromatic rings. The van der Waals surface area contributed by atoms with Gasteiger partial charge >= 0.3 is 0 Å². The Balaban J connectivity index is 1.82. The minimum absolute atomic E-state index is 0.0368. The zero-order chi connectivity index (χ0) is 23.5. The van der Waals surface area contributed by atoms with Crippen molar-refractivity contribution in [1.82, 2.24) is 9.88 Å². The molecule has 1 amide bonds. The molecule has 1 fully saturated rings. The van der Waals surface area contributed by atoms with E-state index in [0.717, 1.165) is 11.1 Å². The van der Waals surface area contributed by atoms with E-state index in [-0.39, 0.29) is 17.9 Å². The first-order chi connectivity index (χ1) is 15.9. The molecule has 0 spiro atoms. The molecule has 1 unspecified atom stereocenters. The maximum atomic E-state index is 13.2.